The van der Waals surface area contributed by atoms with Gasteiger partial charge in [0.15, 0.2) is 11.9 Å². The summed E-state index contributed by atoms with van der Waals surface area (Å²) in [5.41, 5.74) is 3.66. The Morgan fingerprint density at radius 1 is 1.09 bits per heavy atom. The van der Waals surface area contributed by atoms with Gasteiger partial charge in [0.1, 0.15) is 59.8 Å². The van der Waals surface area contributed by atoms with E-state index in [0.717, 1.165) is 79.2 Å². The summed E-state index contributed by atoms with van der Waals surface area (Å²) in [7, 11) is 2.30. The number of halogens is 2. The molecule has 5 aromatic rings. The largest absolute Gasteiger partial charge is 0.484 e. The average Bonchev–Trinajstić information content (AvgIpc) is 3.93. The third-order valence-electron chi connectivity index (χ3n) is 12.7. The van der Waals surface area contributed by atoms with Crippen LogP contribution in [0.3, 0.4) is 0 Å². The Hall–Kier alpha value is -5.07. The van der Waals surface area contributed by atoms with Gasteiger partial charge >= 0.3 is 6.01 Å². The van der Waals surface area contributed by atoms with Crippen molar-refractivity contribution in [3.8, 4) is 35.4 Å². The highest BCUT2D eigenvalue weighted by Crippen LogP contribution is 2.46. The van der Waals surface area contributed by atoms with Gasteiger partial charge in [-0.2, -0.15) is 9.97 Å². The molecule has 4 saturated heterocycles. The molecule has 0 saturated carbocycles. The minimum atomic E-state index is -0.628. The Balaban J connectivity index is 0.970. The van der Waals surface area contributed by atoms with Crippen molar-refractivity contribution in [2.75, 3.05) is 51.4 Å². The molecule has 5 aliphatic rings. The fourth-order valence-corrected chi connectivity index (χ4v) is 10.8. The van der Waals surface area contributed by atoms with E-state index in [-0.39, 0.29) is 34.4 Å². The summed E-state index contributed by atoms with van der Waals surface area (Å²) in [5, 5.41) is 5.32. The fraction of sp³-hybridized carbons (Fsp3) is 0.395. The fourth-order valence-electron chi connectivity index (χ4n) is 9.95. The Labute approximate surface area is 334 Å². The topological polar surface area (TPSA) is 100 Å². The van der Waals surface area contributed by atoms with E-state index in [1.165, 1.54) is 6.07 Å². The second kappa shape index (κ2) is 14.1. The Kier molecular flexibility index (Phi) is 8.97. The van der Waals surface area contributed by atoms with Gasteiger partial charge in [-0.25, -0.2) is 8.78 Å². The molecular weight excluding hydrogens is 745 g/mol. The number of aromatic nitrogens is 3. The second-order valence-electron chi connectivity index (χ2n) is 16.3. The molecule has 5 unspecified atom stereocenters. The molecule has 7 heterocycles. The van der Waals surface area contributed by atoms with Crippen molar-refractivity contribution in [1.29, 1.82) is 0 Å². The number of amidine groups is 1. The third-order valence-corrected chi connectivity index (χ3v) is 13.6. The van der Waals surface area contributed by atoms with Crippen molar-refractivity contribution >= 4 is 45.3 Å². The monoisotopic (exact) mass is 788 g/mol. The minimum Gasteiger partial charge on any atom is -0.484 e. The van der Waals surface area contributed by atoms with Gasteiger partial charge in [0.25, 0.3) is 0 Å². The van der Waals surface area contributed by atoms with E-state index in [1.807, 2.05) is 29.5 Å². The van der Waals surface area contributed by atoms with Gasteiger partial charge in [0, 0.05) is 66.5 Å². The number of aliphatic imine (C=N–C) groups is 1. The number of likely N-dealkylation sites (N-methyl/N-ethyl adjacent to an activating group) is 1. The van der Waals surface area contributed by atoms with Crippen LogP contribution < -0.4 is 25.1 Å². The number of hydrogen-bond donors (Lipinski definition) is 2. The number of rotatable bonds is 9. The molecule has 5 aliphatic heterocycles. The number of pyridine rings is 1. The maximum Gasteiger partial charge on any atom is 0.319 e. The van der Waals surface area contributed by atoms with Crippen LogP contribution in [0.25, 0.3) is 32.9 Å². The van der Waals surface area contributed by atoms with Crippen LogP contribution in [0, 0.1) is 24.0 Å². The van der Waals surface area contributed by atoms with Crippen LogP contribution in [0.2, 0.25) is 0 Å². The van der Waals surface area contributed by atoms with Crippen LogP contribution in [-0.2, 0) is 0 Å². The van der Waals surface area contributed by atoms with Crippen LogP contribution in [-0.4, -0.2) is 99.9 Å². The first-order valence-electron chi connectivity index (χ1n) is 19.7. The number of fused-ring (bicyclic) bond motifs is 5. The standard InChI is InChI=1S/C43H44F2N9O2S/c1-4-33-36(44)15-12-27-8-5-11-34(37(27)33)39-38(45)40-35(20-46-39)41(52-21-28-13-14-29(22-52)48-28)50-42(49-40)55-24-43-16-7-17-54(43,3)23-31(19-43)56-30-9-6-10-32(18-30)57-53-25-47-26(2)51-53/h1,5-6,8-12,15,18,20,28-29,31,48H,7,13-14,16-17,19,21-25H2,2-3H3,(H,47,51)/q+1. The molecule has 14 heteroatoms. The van der Waals surface area contributed by atoms with E-state index in [4.69, 9.17) is 25.9 Å². The summed E-state index contributed by atoms with van der Waals surface area (Å²) in [5.74, 6) is 3.64. The van der Waals surface area contributed by atoms with Crippen molar-refractivity contribution in [3.63, 3.8) is 0 Å². The molecule has 2 aromatic heterocycles. The van der Waals surface area contributed by atoms with Crippen molar-refractivity contribution in [2.45, 2.75) is 67.6 Å². The molecule has 5 atom stereocenters. The second-order valence-corrected chi connectivity index (χ2v) is 17.4. The SMILES string of the molecule is C#Cc1c(F)ccc2cccc(-c3ncc4c(N5CC6CCC(C5)N6)nc(OCC56CCC[N+]5(C)CC(Oc5cccc(SN7CN=C(C)N7)c5)C6)nc4c3F)c12. The van der Waals surface area contributed by atoms with Crippen molar-refractivity contribution in [3.05, 3.63) is 78.0 Å². The van der Waals surface area contributed by atoms with Gasteiger partial charge in [0.2, 0.25) is 0 Å². The highest BCUT2D eigenvalue weighted by Gasteiger charge is 2.60. The van der Waals surface area contributed by atoms with Crippen molar-refractivity contribution < 1.29 is 22.7 Å². The van der Waals surface area contributed by atoms with Gasteiger partial charge < -0.3 is 24.2 Å². The van der Waals surface area contributed by atoms with E-state index in [0.29, 0.717) is 52.9 Å². The molecule has 292 valence electrons. The zero-order chi connectivity index (χ0) is 38.9. The number of anilines is 1. The highest BCUT2D eigenvalue weighted by molar-refractivity contribution is 7.97. The summed E-state index contributed by atoms with van der Waals surface area (Å²) in [6.07, 6.45) is 12.4. The molecular formula is C43H44F2N9O2S+. The lowest BCUT2D eigenvalue weighted by atomic mass is 9.93. The van der Waals surface area contributed by atoms with Crippen LogP contribution in [0.15, 0.2) is 70.7 Å². The number of ether oxygens (including phenoxy) is 2. The summed E-state index contributed by atoms with van der Waals surface area (Å²) in [6, 6.07) is 17.3. The van der Waals surface area contributed by atoms with Crippen molar-refractivity contribution in [2.24, 2.45) is 4.99 Å². The summed E-state index contributed by atoms with van der Waals surface area (Å²) in [4.78, 5) is 22.1. The number of hydrogen-bond acceptors (Lipinski definition) is 11. The highest BCUT2D eigenvalue weighted by atomic mass is 32.2. The van der Waals surface area contributed by atoms with Gasteiger partial charge in [0.05, 0.1) is 24.5 Å². The Morgan fingerprint density at radius 2 is 1.93 bits per heavy atom. The van der Waals surface area contributed by atoms with Crippen molar-refractivity contribution in [1.82, 2.24) is 30.1 Å². The number of quaternary nitrogens is 1. The van der Waals surface area contributed by atoms with Crippen LogP contribution in [0.1, 0.15) is 44.6 Å². The molecule has 10 rings (SSSR count). The van der Waals surface area contributed by atoms with E-state index in [1.54, 1.807) is 36.3 Å². The number of benzene rings is 3. The zero-order valence-electron chi connectivity index (χ0n) is 32.0. The van der Waals surface area contributed by atoms with E-state index in [9.17, 15) is 4.39 Å². The average molecular weight is 789 g/mol. The molecule has 2 N–H and O–H groups in total. The van der Waals surface area contributed by atoms with Gasteiger partial charge in [-0.1, -0.05) is 36.3 Å². The van der Waals surface area contributed by atoms with Crippen LogP contribution in [0.4, 0.5) is 14.6 Å². The molecule has 0 amide bonds. The van der Waals surface area contributed by atoms with Gasteiger partial charge in [-0.05, 0) is 61.4 Å². The first-order chi connectivity index (χ1) is 27.7. The normalized spacial score (nSPS) is 26.8. The molecule has 4 fully saturated rings. The summed E-state index contributed by atoms with van der Waals surface area (Å²) < 4.78 is 48.3. The molecule has 0 radical (unpaired) electrons. The van der Waals surface area contributed by atoms with E-state index >= 15 is 4.39 Å². The molecule has 2 bridgehead atoms. The van der Waals surface area contributed by atoms with Gasteiger partial charge in [-0.3, -0.25) is 15.4 Å². The number of nitrogens with zero attached hydrogens (tertiary/aromatic N) is 7. The lowest BCUT2D eigenvalue weighted by Gasteiger charge is -2.39. The number of piperazine rings is 1. The molecule has 0 spiro atoms. The molecule has 57 heavy (non-hydrogen) atoms. The first-order valence-corrected chi connectivity index (χ1v) is 20.5. The number of hydrazine groups is 1. The third kappa shape index (κ3) is 6.41. The Bertz CT molecular complexity index is 2490. The first kappa shape index (κ1) is 36.3. The van der Waals surface area contributed by atoms with Gasteiger partial charge in [-0.15, -0.1) is 10.8 Å². The zero-order valence-corrected chi connectivity index (χ0v) is 32.8. The summed E-state index contributed by atoms with van der Waals surface area (Å²) >= 11 is 1.60. The Morgan fingerprint density at radius 3 is 2.74 bits per heavy atom. The molecule has 3 aromatic carbocycles. The lowest BCUT2D eigenvalue weighted by Crippen LogP contribution is -2.56. The van der Waals surface area contributed by atoms with Crippen LogP contribution in [0.5, 0.6) is 11.8 Å². The van der Waals surface area contributed by atoms with E-state index < -0.39 is 11.6 Å². The quantitative estimate of drug-likeness (QED) is 0.0985. The minimum absolute atomic E-state index is 0.0106. The van der Waals surface area contributed by atoms with Crippen LogP contribution >= 0.6 is 11.9 Å². The molecule has 0 aliphatic carbocycles. The maximum absolute atomic E-state index is 17.1. The smallest absolute Gasteiger partial charge is 0.319 e. The van der Waals surface area contributed by atoms with E-state index in [2.05, 4.69) is 50.7 Å². The number of terminal acetylenes is 1. The summed E-state index contributed by atoms with van der Waals surface area (Å²) in [6.45, 7) is 6.24. The lowest BCUT2D eigenvalue weighted by molar-refractivity contribution is -0.934. The predicted molar refractivity (Wildman–Crippen MR) is 218 cm³/mol. The number of nitrogens with one attached hydrogen (secondary N) is 2. The predicted octanol–water partition coefficient (Wildman–Crippen LogP) is 6.46. The molecule has 11 nitrogen and oxygen atoms in total. The maximum atomic E-state index is 17.1.